The Morgan fingerprint density at radius 2 is 2.10 bits per heavy atom. The van der Waals surface area contributed by atoms with Crippen LogP contribution in [-0.4, -0.2) is 41.9 Å². The monoisotopic (exact) mass is 424 g/mol. The number of nitro groups is 1. The van der Waals surface area contributed by atoms with Crippen molar-refractivity contribution in [3.63, 3.8) is 0 Å². The van der Waals surface area contributed by atoms with E-state index in [1.165, 1.54) is 21.8 Å². The van der Waals surface area contributed by atoms with Crippen molar-refractivity contribution in [2.24, 2.45) is 0 Å². The Morgan fingerprint density at radius 3 is 2.87 bits per heavy atom. The number of carbonyl (C=O) groups excluding carboxylic acids is 1. The summed E-state index contributed by atoms with van der Waals surface area (Å²) in [5, 5.41) is 15.2. The second-order valence-corrected chi connectivity index (χ2v) is 6.74. The van der Waals surface area contributed by atoms with E-state index in [1.807, 2.05) is 35.0 Å². The van der Waals surface area contributed by atoms with Gasteiger partial charge in [-0.2, -0.15) is 5.10 Å². The number of nitro benzene ring substituents is 1. The zero-order chi connectivity index (χ0) is 22.0. The number of ether oxygens (including phenoxy) is 1. The molecular weight excluding hydrogens is 407 g/mol. The molecule has 0 aliphatic rings. The molecule has 4 aromatic rings. The molecule has 0 saturated heterocycles. The summed E-state index contributed by atoms with van der Waals surface area (Å²) in [6.07, 6.45) is 5.22. The van der Waals surface area contributed by atoms with Crippen LogP contribution in [0.5, 0.6) is 5.75 Å². The number of hydrogen-bond donors (Lipinski definition) is 0. The third-order valence-corrected chi connectivity index (χ3v) is 4.49. The van der Waals surface area contributed by atoms with Gasteiger partial charge in [0, 0.05) is 37.8 Å². The normalized spacial score (nSPS) is 10.9. The zero-order valence-corrected chi connectivity index (χ0v) is 16.4. The third-order valence-electron chi connectivity index (χ3n) is 4.49. The van der Waals surface area contributed by atoms with Crippen LogP contribution in [0.3, 0.4) is 0 Å². The minimum absolute atomic E-state index is 0.170. The van der Waals surface area contributed by atoms with E-state index in [0.717, 1.165) is 29.5 Å². The van der Waals surface area contributed by atoms with Crippen molar-refractivity contribution in [2.45, 2.75) is 13.3 Å². The molecule has 4 rings (SSSR count). The first-order valence-electron chi connectivity index (χ1n) is 9.19. The average molecular weight is 424 g/mol. The average Bonchev–Trinajstić information content (AvgIpc) is 3.37. The lowest BCUT2D eigenvalue weighted by molar-refractivity contribution is -0.386. The van der Waals surface area contributed by atoms with E-state index in [1.54, 1.807) is 7.05 Å². The van der Waals surface area contributed by atoms with Crippen molar-refractivity contribution in [2.75, 3.05) is 7.05 Å². The Kier molecular flexibility index (Phi) is 5.31. The minimum Gasteiger partial charge on any atom is -0.464 e. The number of halogens is 1. The smallest absolute Gasteiger partial charge is 0.311 e. The lowest BCUT2D eigenvalue weighted by Gasteiger charge is -2.14. The summed E-state index contributed by atoms with van der Waals surface area (Å²) < 4.78 is 21.9. The summed E-state index contributed by atoms with van der Waals surface area (Å²) in [7, 11) is 1.64. The number of amides is 1. The number of pyridine rings is 1. The highest BCUT2D eigenvalue weighted by atomic mass is 19.1. The summed E-state index contributed by atoms with van der Waals surface area (Å²) in [6, 6.07) is 10.1. The van der Waals surface area contributed by atoms with Gasteiger partial charge in [0.15, 0.2) is 12.4 Å². The molecule has 0 N–H and O–H groups in total. The largest absolute Gasteiger partial charge is 0.464 e. The van der Waals surface area contributed by atoms with Gasteiger partial charge >= 0.3 is 5.69 Å². The first-order chi connectivity index (χ1) is 14.9. The van der Waals surface area contributed by atoms with Crippen LogP contribution in [0.15, 0.2) is 61.1 Å². The second-order valence-electron chi connectivity index (χ2n) is 6.74. The highest BCUT2D eigenvalue weighted by molar-refractivity contribution is 5.91. The number of benzene rings is 1. The second kappa shape index (κ2) is 8.22. The van der Waals surface area contributed by atoms with Gasteiger partial charge in [-0.05, 0) is 24.3 Å². The Morgan fingerprint density at radius 1 is 1.26 bits per heavy atom. The first kappa shape index (κ1) is 20.0. The number of hydrogen-bond acceptors (Lipinski definition) is 6. The predicted molar refractivity (Wildman–Crippen MR) is 107 cm³/mol. The van der Waals surface area contributed by atoms with Crippen LogP contribution in [0.1, 0.15) is 16.2 Å². The van der Waals surface area contributed by atoms with Crippen LogP contribution in [0.2, 0.25) is 0 Å². The third kappa shape index (κ3) is 4.34. The van der Waals surface area contributed by atoms with Gasteiger partial charge < -0.3 is 14.0 Å². The molecule has 1 aromatic carbocycles. The van der Waals surface area contributed by atoms with Crippen LogP contribution < -0.4 is 4.74 Å². The molecule has 0 bridgehead atoms. The fraction of sp³-hybridized carbons (Fsp3) is 0.150. The van der Waals surface area contributed by atoms with Crippen molar-refractivity contribution < 1.29 is 18.8 Å². The molecule has 1 amide bonds. The van der Waals surface area contributed by atoms with E-state index in [4.69, 9.17) is 4.74 Å². The lowest BCUT2D eigenvalue weighted by atomic mass is 10.3. The van der Waals surface area contributed by atoms with E-state index in [0.29, 0.717) is 6.54 Å². The Hall–Kier alpha value is -4.28. The molecule has 0 radical (unpaired) electrons. The van der Waals surface area contributed by atoms with Crippen molar-refractivity contribution in [3.05, 3.63) is 88.4 Å². The first-order valence-corrected chi connectivity index (χ1v) is 9.19. The van der Waals surface area contributed by atoms with E-state index in [9.17, 15) is 19.3 Å². The Bertz CT molecular complexity index is 1230. The summed E-state index contributed by atoms with van der Waals surface area (Å²) in [6.45, 7) is 0.0626. The van der Waals surface area contributed by atoms with Crippen LogP contribution in [0, 0.1) is 15.9 Å². The van der Waals surface area contributed by atoms with Crippen LogP contribution >= 0.6 is 0 Å². The van der Waals surface area contributed by atoms with Crippen LogP contribution in [0.25, 0.3) is 5.65 Å². The topological polar surface area (TPSA) is 108 Å². The SMILES string of the molecule is CN(Cc1cn2ccccc2n1)C(=O)c1ccn(COc2cc(F)ccc2[N+](=O)[O-])n1. The molecule has 0 fully saturated rings. The number of imidazole rings is 1. The van der Waals surface area contributed by atoms with E-state index < -0.39 is 10.7 Å². The van der Waals surface area contributed by atoms with Gasteiger partial charge in [0.25, 0.3) is 5.91 Å². The van der Waals surface area contributed by atoms with Crippen LogP contribution in [-0.2, 0) is 13.3 Å². The maximum atomic E-state index is 13.4. The molecule has 0 aliphatic carbocycles. The molecule has 0 atom stereocenters. The van der Waals surface area contributed by atoms with Crippen molar-refractivity contribution in [3.8, 4) is 5.75 Å². The maximum absolute atomic E-state index is 13.4. The van der Waals surface area contributed by atoms with Gasteiger partial charge in [-0.1, -0.05) is 6.07 Å². The minimum atomic E-state index is -0.666. The van der Waals surface area contributed by atoms with Crippen molar-refractivity contribution >= 4 is 17.2 Å². The number of carbonyl (C=O) groups is 1. The van der Waals surface area contributed by atoms with Gasteiger partial charge in [0.1, 0.15) is 11.5 Å². The van der Waals surface area contributed by atoms with Crippen LogP contribution in [0.4, 0.5) is 10.1 Å². The molecule has 3 heterocycles. The van der Waals surface area contributed by atoms with Gasteiger partial charge in [-0.15, -0.1) is 0 Å². The number of rotatable bonds is 7. The Balaban J connectivity index is 1.41. The molecule has 0 unspecified atom stereocenters. The molecule has 3 aromatic heterocycles. The highest BCUT2D eigenvalue weighted by Gasteiger charge is 2.18. The maximum Gasteiger partial charge on any atom is 0.311 e. The molecular formula is C20H17FN6O4. The number of nitrogens with zero attached hydrogens (tertiary/aromatic N) is 6. The van der Waals surface area contributed by atoms with Gasteiger partial charge in [-0.25, -0.2) is 14.1 Å². The number of fused-ring (bicyclic) bond motifs is 1. The van der Waals surface area contributed by atoms with Crippen molar-refractivity contribution in [1.29, 1.82) is 0 Å². The van der Waals surface area contributed by atoms with Gasteiger partial charge in [0.2, 0.25) is 5.75 Å². The van der Waals surface area contributed by atoms with Crippen molar-refractivity contribution in [1.82, 2.24) is 24.1 Å². The summed E-state index contributed by atoms with van der Waals surface area (Å²) in [4.78, 5) is 29.0. The summed E-state index contributed by atoms with van der Waals surface area (Å²) in [5.74, 6) is -1.21. The fourth-order valence-corrected chi connectivity index (χ4v) is 3.01. The molecule has 0 aliphatic heterocycles. The predicted octanol–water partition coefficient (Wildman–Crippen LogP) is 2.89. The van der Waals surface area contributed by atoms with Gasteiger partial charge in [-0.3, -0.25) is 14.9 Å². The highest BCUT2D eigenvalue weighted by Crippen LogP contribution is 2.27. The number of aromatic nitrogens is 4. The Labute approximate surface area is 175 Å². The molecule has 11 heteroatoms. The molecule has 10 nitrogen and oxygen atoms in total. The zero-order valence-electron chi connectivity index (χ0n) is 16.4. The lowest BCUT2D eigenvalue weighted by Crippen LogP contribution is -2.27. The molecule has 0 saturated carbocycles. The van der Waals surface area contributed by atoms with E-state index in [-0.39, 0.29) is 29.8 Å². The quantitative estimate of drug-likeness (QED) is 0.333. The molecule has 31 heavy (non-hydrogen) atoms. The summed E-state index contributed by atoms with van der Waals surface area (Å²) >= 11 is 0. The summed E-state index contributed by atoms with van der Waals surface area (Å²) in [5.41, 5.74) is 1.31. The standard InChI is InChI=1S/C20H17FN6O4/c1-24(11-15-12-25-8-3-2-4-19(25)22-15)20(28)16-7-9-26(23-16)13-31-18-10-14(21)5-6-17(18)27(29)30/h2-10,12H,11,13H2,1H3. The molecule has 0 spiro atoms. The van der Waals surface area contributed by atoms with E-state index >= 15 is 0 Å². The van der Waals surface area contributed by atoms with E-state index in [2.05, 4.69) is 10.1 Å². The van der Waals surface area contributed by atoms with Gasteiger partial charge in [0.05, 0.1) is 17.2 Å². The fourth-order valence-electron chi connectivity index (χ4n) is 3.01. The molecule has 158 valence electrons.